The number of hydrogen-bond acceptors (Lipinski definition) is 5. The summed E-state index contributed by atoms with van der Waals surface area (Å²) >= 11 is 6.13. The maximum absolute atomic E-state index is 14.3. The Labute approximate surface area is 245 Å². The fourth-order valence-corrected chi connectivity index (χ4v) is 7.43. The number of rotatable bonds is 7. The van der Waals surface area contributed by atoms with Gasteiger partial charge in [-0.1, -0.05) is 68.6 Å². The lowest BCUT2D eigenvalue weighted by atomic mass is 9.73. The second-order valence-corrected chi connectivity index (χ2v) is 12.3. The van der Waals surface area contributed by atoms with E-state index in [1.54, 1.807) is 36.3 Å². The van der Waals surface area contributed by atoms with Gasteiger partial charge in [0.05, 0.1) is 25.0 Å². The molecule has 6 rings (SSSR count). The molecule has 2 saturated heterocycles. The average Bonchev–Trinajstić information content (AvgIpc) is 3.59. The Morgan fingerprint density at radius 3 is 2.71 bits per heavy atom. The zero-order chi connectivity index (χ0) is 28.9. The van der Waals surface area contributed by atoms with Crippen LogP contribution in [0.25, 0.3) is 0 Å². The van der Waals surface area contributed by atoms with Gasteiger partial charge in [-0.05, 0) is 54.2 Å². The highest BCUT2D eigenvalue weighted by molar-refractivity contribution is 6.30. The summed E-state index contributed by atoms with van der Waals surface area (Å²) in [5, 5.41) is 6.70. The Morgan fingerprint density at radius 2 is 1.93 bits per heavy atom. The second kappa shape index (κ2) is 10.8. The van der Waals surface area contributed by atoms with Crippen LogP contribution in [0.3, 0.4) is 0 Å². The monoisotopic (exact) mass is 577 g/mol. The molecule has 41 heavy (non-hydrogen) atoms. The molecule has 3 amide bonds. The number of amides is 3. The zero-order valence-electron chi connectivity index (χ0n) is 23.5. The smallest absolute Gasteiger partial charge is 0.246 e. The number of fused-ring (bicyclic) bond motifs is 1. The largest absolute Gasteiger partial charge is 0.497 e. The number of likely N-dealkylation sites (tertiary alicyclic amines) is 1. The highest BCUT2D eigenvalue weighted by Gasteiger charge is 2.72. The van der Waals surface area contributed by atoms with Crippen LogP contribution in [0.15, 0.2) is 60.7 Å². The average molecular weight is 578 g/mol. The summed E-state index contributed by atoms with van der Waals surface area (Å²) in [6.07, 6.45) is 6.14. The van der Waals surface area contributed by atoms with E-state index in [9.17, 15) is 14.4 Å². The van der Waals surface area contributed by atoms with Gasteiger partial charge in [-0.15, -0.1) is 0 Å². The molecule has 3 aliphatic heterocycles. The molecule has 4 aliphatic rings. The first-order valence-electron chi connectivity index (χ1n) is 14.4. The number of nitrogens with zero attached hydrogens (tertiary/aromatic N) is 1. The molecule has 2 bridgehead atoms. The third-order valence-corrected chi connectivity index (χ3v) is 9.77. The standard InChI is InChI=1S/C32H36ClN3O5/c1-18-7-4-12-24(19(18)2)35-30(38)28-32-14-13-25(41-32)26(29(37)34-22-10-6-9-21(33)16-22)27(32)31(39)36(28)17-20-8-5-11-23(15-20)40-3/h5-6,8-11,13-16,18-19,24-28H,4,7,12,17H2,1-3H3,(H,34,37)(H,35,38)/t18-,19+,24-,25+,26-,27+,28+,32+/m1/s1. The Hall–Kier alpha value is -3.36. The Morgan fingerprint density at radius 1 is 1.12 bits per heavy atom. The summed E-state index contributed by atoms with van der Waals surface area (Å²) < 4.78 is 11.9. The highest BCUT2D eigenvalue weighted by Crippen LogP contribution is 2.55. The molecule has 0 aromatic heterocycles. The van der Waals surface area contributed by atoms with Crippen molar-refractivity contribution in [3.05, 3.63) is 71.3 Å². The Bertz CT molecular complexity index is 1400. The van der Waals surface area contributed by atoms with Crippen LogP contribution in [0.2, 0.25) is 5.02 Å². The first kappa shape index (κ1) is 27.8. The van der Waals surface area contributed by atoms with E-state index in [1.807, 2.05) is 36.4 Å². The SMILES string of the molecule is COc1cccc(CN2C(=O)[C@@H]3[C@H](C(=O)Nc4cccc(Cl)c4)[C@@H]4C=C[C@@]3(O4)[C@@H]2C(=O)N[C@@H]2CCC[C@@H](C)[C@@H]2C)c1. The van der Waals surface area contributed by atoms with Gasteiger partial charge in [0.15, 0.2) is 0 Å². The van der Waals surface area contributed by atoms with E-state index in [-0.39, 0.29) is 30.3 Å². The number of carbonyl (C=O) groups excluding carboxylic acids is 3. The van der Waals surface area contributed by atoms with Crippen LogP contribution in [-0.2, 0) is 25.7 Å². The lowest BCUT2D eigenvalue weighted by molar-refractivity contribution is -0.142. The molecular weight excluding hydrogens is 542 g/mol. The maximum atomic E-state index is 14.3. The summed E-state index contributed by atoms with van der Waals surface area (Å²) in [6.45, 7) is 4.59. The van der Waals surface area contributed by atoms with E-state index >= 15 is 0 Å². The van der Waals surface area contributed by atoms with Gasteiger partial charge in [0.2, 0.25) is 17.7 Å². The maximum Gasteiger partial charge on any atom is 0.246 e. The summed E-state index contributed by atoms with van der Waals surface area (Å²) in [6, 6.07) is 13.4. The molecule has 2 aromatic carbocycles. The third kappa shape index (κ3) is 4.81. The first-order chi connectivity index (χ1) is 19.7. The molecule has 8 atom stereocenters. The van der Waals surface area contributed by atoms with E-state index in [0.29, 0.717) is 28.3 Å². The molecule has 3 heterocycles. The molecule has 1 spiro atoms. The predicted molar refractivity (Wildman–Crippen MR) is 155 cm³/mol. The summed E-state index contributed by atoms with van der Waals surface area (Å²) in [5.41, 5.74) is 0.131. The van der Waals surface area contributed by atoms with Crippen molar-refractivity contribution in [3.63, 3.8) is 0 Å². The minimum absolute atomic E-state index is 0.0139. The van der Waals surface area contributed by atoms with E-state index < -0.39 is 29.6 Å². The number of benzene rings is 2. The molecule has 1 saturated carbocycles. The van der Waals surface area contributed by atoms with Gasteiger partial charge in [-0.2, -0.15) is 0 Å². The molecule has 0 radical (unpaired) electrons. The summed E-state index contributed by atoms with van der Waals surface area (Å²) in [4.78, 5) is 43.7. The van der Waals surface area contributed by atoms with E-state index in [0.717, 1.165) is 24.8 Å². The number of methoxy groups -OCH3 is 1. The lowest BCUT2D eigenvalue weighted by Crippen LogP contribution is -2.57. The van der Waals surface area contributed by atoms with Crippen LogP contribution in [0.4, 0.5) is 5.69 Å². The second-order valence-electron chi connectivity index (χ2n) is 11.9. The number of anilines is 1. The van der Waals surface area contributed by atoms with Crippen molar-refractivity contribution < 1.29 is 23.9 Å². The topological polar surface area (TPSA) is 97.0 Å². The minimum atomic E-state index is -1.23. The van der Waals surface area contributed by atoms with Gasteiger partial charge in [-0.3, -0.25) is 14.4 Å². The fourth-order valence-electron chi connectivity index (χ4n) is 7.24. The molecule has 9 heteroatoms. The van der Waals surface area contributed by atoms with Crippen molar-refractivity contribution in [2.24, 2.45) is 23.7 Å². The number of halogens is 1. The normalized spacial score (nSPS) is 33.5. The van der Waals surface area contributed by atoms with Crippen molar-refractivity contribution >= 4 is 35.0 Å². The molecule has 216 valence electrons. The van der Waals surface area contributed by atoms with Crippen LogP contribution in [0.5, 0.6) is 5.75 Å². The van der Waals surface area contributed by atoms with Crippen LogP contribution < -0.4 is 15.4 Å². The number of hydrogen-bond donors (Lipinski definition) is 2. The van der Waals surface area contributed by atoms with Gasteiger partial charge in [-0.25, -0.2) is 0 Å². The Kier molecular flexibility index (Phi) is 7.32. The number of ether oxygens (including phenoxy) is 2. The molecule has 8 nitrogen and oxygen atoms in total. The third-order valence-electron chi connectivity index (χ3n) is 9.54. The molecule has 1 aliphatic carbocycles. The van der Waals surface area contributed by atoms with Gasteiger partial charge >= 0.3 is 0 Å². The van der Waals surface area contributed by atoms with Crippen LogP contribution in [-0.4, -0.2) is 53.5 Å². The van der Waals surface area contributed by atoms with Gasteiger partial charge in [0, 0.05) is 23.3 Å². The quantitative estimate of drug-likeness (QED) is 0.470. The van der Waals surface area contributed by atoms with Gasteiger partial charge in [0.25, 0.3) is 0 Å². The van der Waals surface area contributed by atoms with Crippen molar-refractivity contribution in [1.82, 2.24) is 10.2 Å². The minimum Gasteiger partial charge on any atom is -0.497 e. The molecule has 0 unspecified atom stereocenters. The first-order valence-corrected chi connectivity index (χ1v) is 14.8. The van der Waals surface area contributed by atoms with Gasteiger partial charge < -0.3 is 25.0 Å². The van der Waals surface area contributed by atoms with Crippen LogP contribution in [0, 0.1) is 23.7 Å². The van der Waals surface area contributed by atoms with Crippen molar-refractivity contribution in [1.29, 1.82) is 0 Å². The van der Waals surface area contributed by atoms with Crippen LogP contribution in [0.1, 0.15) is 38.7 Å². The van der Waals surface area contributed by atoms with E-state index in [1.165, 1.54) is 0 Å². The number of nitrogens with one attached hydrogen (secondary N) is 2. The summed E-state index contributed by atoms with van der Waals surface area (Å²) in [7, 11) is 1.59. The molecular formula is C32H36ClN3O5. The fraction of sp³-hybridized carbons (Fsp3) is 0.469. The van der Waals surface area contributed by atoms with Crippen molar-refractivity contribution in [2.45, 2.75) is 63.4 Å². The predicted octanol–water partition coefficient (Wildman–Crippen LogP) is 4.58. The Balaban J connectivity index is 1.34. The molecule has 2 N–H and O–H groups in total. The highest BCUT2D eigenvalue weighted by atomic mass is 35.5. The molecule has 2 aromatic rings. The number of carbonyl (C=O) groups is 3. The van der Waals surface area contributed by atoms with Gasteiger partial charge in [0.1, 0.15) is 17.4 Å². The van der Waals surface area contributed by atoms with Crippen molar-refractivity contribution in [2.75, 3.05) is 12.4 Å². The zero-order valence-corrected chi connectivity index (χ0v) is 24.3. The van der Waals surface area contributed by atoms with Crippen molar-refractivity contribution in [3.8, 4) is 5.75 Å². The van der Waals surface area contributed by atoms with E-state index in [2.05, 4.69) is 24.5 Å². The molecule has 3 fully saturated rings. The lowest BCUT2D eigenvalue weighted by Gasteiger charge is -2.38. The summed E-state index contributed by atoms with van der Waals surface area (Å²) in [5.74, 6) is -0.986. The van der Waals surface area contributed by atoms with E-state index in [4.69, 9.17) is 21.1 Å². The van der Waals surface area contributed by atoms with Crippen LogP contribution >= 0.6 is 11.6 Å².